The van der Waals surface area contributed by atoms with Crippen molar-refractivity contribution in [2.24, 2.45) is 0 Å². The van der Waals surface area contributed by atoms with Crippen molar-refractivity contribution < 1.29 is 19.2 Å². The highest BCUT2D eigenvalue weighted by atomic mass is 35.5. The van der Waals surface area contributed by atoms with Crippen molar-refractivity contribution in [3.05, 3.63) is 69.7 Å². The molecule has 1 aliphatic heterocycles. The average Bonchev–Trinajstić information content (AvgIpc) is 3.56. The van der Waals surface area contributed by atoms with E-state index in [1.165, 1.54) is 4.90 Å². The minimum absolute atomic E-state index is 0.0211. The van der Waals surface area contributed by atoms with Gasteiger partial charge in [0.05, 0.1) is 0 Å². The summed E-state index contributed by atoms with van der Waals surface area (Å²) in [5, 5.41) is 6.23. The average molecular weight is 502 g/mol. The molecule has 1 saturated heterocycles. The van der Waals surface area contributed by atoms with E-state index in [2.05, 4.69) is 10.6 Å². The van der Waals surface area contributed by atoms with Crippen molar-refractivity contribution in [2.45, 2.75) is 56.8 Å². The van der Waals surface area contributed by atoms with Crippen molar-refractivity contribution in [1.29, 1.82) is 0 Å². The van der Waals surface area contributed by atoms with Gasteiger partial charge in [-0.2, -0.15) is 0 Å². The SMILES string of the molecule is O=C(NC1CC1)C(=O)C(Cc1ccccc1)NC(=O)[C@H]1CCC(=O)N1Cc1c(Cl)cccc1Cl. The third-order valence-electron chi connectivity index (χ3n) is 6.07. The lowest BCUT2D eigenvalue weighted by Gasteiger charge is -2.27. The highest BCUT2D eigenvalue weighted by molar-refractivity contribution is 6.38. The van der Waals surface area contributed by atoms with Crippen LogP contribution in [0, 0.1) is 0 Å². The molecule has 34 heavy (non-hydrogen) atoms. The molecule has 1 saturated carbocycles. The number of benzene rings is 2. The lowest BCUT2D eigenvalue weighted by molar-refractivity contribution is -0.141. The highest BCUT2D eigenvalue weighted by Gasteiger charge is 2.39. The Balaban J connectivity index is 1.51. The maximum absolute atomic E-state index is 13.3. The summed E-state index contributed by atoms with van der Waals surface area (Å²) in [6, 6.07) is 12.4. The van der Waals surface area contributed by atoms with Crippen molar-refractivity contribution in [3.8, 4) is 0 Å². The largest absolute Gasteiger partial charge is 0.347 e. The number of nitrogens with zero attached hydrogens (tertiary/aromatic N) is 1. The van der Waals surface area contributed by atoms with E-state index in [9.17, 15) is 19.2 Å². The van der Waals surface area contributed by atoms with Crippen LogP contribution in [-0.4, -0.2) is 46.5 Å². The number of carbonyl (C=O) groups excluding carboxylic acids is 4. The Morgan fingerprint density at radius 1 is 0.971 bits per heavy atom. The molecule has 0 bridgehead atoms. The molecule has 7 nitrogen and oxygen atoms in total. The Kier molecular flexibility index (Phi) is 7.54. The number of nitrogens with one attached hydrogen (secondary N) is 2. The summed E-state index contributed by atoms with van der Waals surface area (Å²) < 4.78 is 0. The Labute approximate surface area is 207 Å². The molecule has 9 heteroatoms. The van der Waals surface area contributed by atoms with Crippen LogP contribution in [0.1, 0.15) is 36.8 Å². The van der Waals surface area contributed by atoms with Gasteiger partial charge in [-0.3, -0.25) is 19.2 Å². The van der Waals surface area contributed by atoms with Gasteiger partial charge in [0.25, 0.3) is 5.91 Å². The monoisotopic (exact) mass is 501 g/mol. The van der Waals surface area contributed by atoms with Crippen LogP contribution >= 0.6 is 23.2 Å². The third kappa shape index (κ3) is 5.77. The minimum Gasteiger partial charge on any atom is -0.347 e. The lowest BCUT2D eigenvalue weighted by Crippen LogP contribution is -2.53. The van der Waals surface area contributed by atoms with Crippen molar-refractivity contribution in [1.82, 2.24) is 15.5 Å². The molecule has 4 rings (SSSR count). The van der Waals surface area contributed by atoms with Crippen LogP contribution < -0.4 is 10.6 Å². The number of amides is 3. The van der Waals surface area contributed by atoms with Gasteiger partial charge in [0.1, 0.15) is 12.1 Å². The molecule has 1 aliphatic carbocycles. The molecule has 0 spiro atoms. The van der Waals surface area contributed by atoms with E-state index < -0.39 is 29.7 Å². The molecule has 2 N–H and O–H groups in total. The highest BCUT2D eigenvalue weighted by Crippen LogP contribution is 2.29. The van der Waals surface area contributed by atoms with Crippen molar-refractivity contribution in [2.75, 3.05) is 0 Å². The molecule has 2 fully saturated rings. The zero-order valence-corrected chi connectivity index (χ0v) is 19.9. The molecule has 2 atom stereocenters. The Morgan fingerprint density at radius 2 is 1.65 bits per heavy atom. The first-order chi connectivity index (χ1) is 16.3. The predicted molar refractivity (Wildman–Crippen MR) is 128 cm³/mol. The number of hydrogen-bond donors (Lipinski definition) is 2. The van der Waals surface area contributed by atoms with E-state index in [1.807, 2.05) is 30.3 Å². The van der Waals surface area contributed by atoms with Gasteiger partial charge in [-0.05, 0) is 37.0 Å². The summed E-state index contributed by atoms with van der Waals surface area (Å²) in [4.78, 5) is 52.7. The molecule has 178 valence electrons. The molecular weight excluding hydrogens is 477 g/mol. The summed E-state index contributed by atoms with van der Waals surface area (Å²) in [7, 11) is 0. The van der Waals surface area contributed by atoms with E-state index in [4.69, 9.17) is 23.2 Å². The smallest absolute Gasteiger partial charge is 0.289 e. The number of carbonyl (C=O) groups is 4. The molecule has 3 amide bonds. The maximum Gasteiger partial charge on any atom is 0.289 e. The fourth-order valence-electron chi connectivity index (χ4n) is 4.03. The van der Waals surface area contributed by atoms with E-state index in [1.54, 1.807) is 18.2 Å². The normalized spacial score (nSPS) is 18.5. The maximum atomic E-state index is 13.3. The molecule has 0 aromatic heterocycles. The molecule has 2 aromatic carbocycles. The van der Waals surface area contributed by atoms with Crippen molar-refractivity contribution >= 4 is 46.7 Å². The van der Waals surface area contributed by atoms with Crippen LogP contribution in [0.5, 0.6) is 0 Å². The zero-order valence-electron chi connectivity index (χ0n) is 18.4. The second kappa shape index (κ2) is 10.6. The first kappa shape index (κ1) is 24.2. The van der Waals surface area contributed by atoms with Gasteiger partial charge < -0.3 is 15.5 Å². The van der Waals surface area contributed by atoms with Crippen molar-refractivity contribution in [3.63, 3.8) is 0 Å². The number of hydrogen-bond acceptors (Lipinski definition) is 4. The third-order valence-corrected chi connectivity index (χ3v) is 6.78. The summed E-state index contributed by atoms with van der Waals surface area (Å²) in [5.41, 5.74) is 1.36. The van der Waals surface area contributed by atoms with Gasteiger partial charge in [-0.25, -0.2) is 0 Å². The fraction of sp³-hybridized carbons (Fsp3) is 0.360. The fourth-order valence-corrected chi connectivity index (χ4v) is 4.54. The van der Waals surface area contributed by atoms with Crippen LogP contribution in [0.15, 0.2) is 48.5 Å². The van der Waals surface area contributed by atoms with Crippen LogP contribution in [0.4, 0.5) is 0 Å². The van der Waals surface area contributed by atoms with Gasteiger partial charge in [0.2, 0.25) is 17.6 Å². The summed E-state index contributed by atoms with van der Waals surface area (Å²) in [6.45, 7) is 0.0783. The van der Waals surface area contributed by atoms with Crippen LogP contribution in [0.2, 0.25) is 10.0 Å². The molecule has 0 radical (unpaired) electrons. The Hall–Kier alpha value is -2.90. The first-order valence-corrected chi connectivity index (χ1v) is 12.0. The zero-order chi connectivity index (χ0) is 24.2. The Morgan fingerprint density at radius 3 is 2.29 bits per heavy atom. The predicted octanol–water partition coefficient (Wildman–Crippen LogP) is 3.06. The van der Waals surface area contributed by atoms with E-state index in [0.29, 0.717) is 22.0 Å². The Bertz CT molecular complexity index is 1080. The summed E-state index contributed by atoms with van der Waals surface area (Å²) in [5.74, 6) is -2.09. The van der Waals surface area contributed by atoms with Crippen LogP contribution in [0.25, 0.3) is 0 Å². The number of Topliss-reactive ketones (excluding diaryl/α,β-unsaturated/α-hetero) is 1. The number of likely N-dealkylation sites (tertiary alicyclic amines) is 1. The number of rotatable bonds is 9. The number of halogens is 2. The van der Waals surface area contributed by atoms with Gasteiger partial charge in [0.15, 0.2) is 0 Å². The number of ketones is 1. The quantitative estimate of drug-likeness (QED) is 0.516. The molecule has 2 aromatic rings. The van der Waals surface area contributed by atoms with E-state index in [0.717, 1.165) is 18.4 Å². The van der Waals surface area contributed by atoms with Gasteiger partial charge in [-0.1, -0.05) is 59.6 Å². The lowest BCUT2D eigenvalue weighted by atomic mass is 10.0. The second-order valence-corrected chi connectivity index (χ2v) is 9.45. The standard InChI is InChI=1S/C25H25Cl2N3O4/c26-18-7-4-8-19(27)17(18)14-30-21(11-12-22(30)31)24(33)29-20(13-15-5-2-1-3-6-15)23(32)25(34)28-16-9-10-16/h1-8,16,20-21H,9-14H2,(H,28,34)(H,29,33)/t20?,21-/m1/s1. The molecule has 1 heterocycles. The van der Waals surface area contributed by atoms with Gasteiger partial charge in [0, 0.05) is 41.0 Å². The van der Waals surface area contributed by atoms with E-state index >= 15 is 0 Å². The first-order valence-electron chi connectivity index (χ1n) is 11.2. The van der Waals surface area contributed by atoms with Gasteiger partial charge >= 0.3 is 0 Å². The minimum atomic E-state index is -1.05. The van der Waals surface area contributed by atoms with Crippen LogP contribution in [-0.2, 0) is 32.1 Å². The van der Waals surface area contributed by atoms with Crippen LogP contribution in [0.3, 0.4) is 0 Å². The summed E-state index contributed by atoms with van der Waals surface area (Å²) >= 11 is 12.5. The molecule has 1 unspecified atom stereocenters. The summed E-state index contributed by atoms with van der Waals surface area (Å²) in [6.07, 6.45) is 2.35. The second-order valence-electron chi connectivity index (χ2n) is 8.64. The molecular formula is C25H25Cl2N3O4. The van der Waals surface area contributed by atoms with Gasteiger partial charge in [-0.15, -0.1) is 0 Å². The topological polar surface area (TPSA) is 95.6 Å². The molecule has 2 aliphatic rings. The van der Waals surface area contributed by atoms with E-state index in [-0.39, 0.29) is 31.3 Å².